The van der Waals surface area contributed by atoms with E-state index in [-0.39, 0.29) is 38.7 Å². The van der Waals surface area contributed by atoms with Gasteiger partial charge in [-0.05, 0) is 43.0 Å². The number of urea groups is 1. The Kier molecular flexibility index (Phi) is 5.72. The molecule has 6 heteroatoms. The van der Waals surface area contributed by atoms with E-state index in [2.05, 4.69) is 17.6 Å². The van der Waals surface area contributed by atoms with Crippen molar-refractivity contribution in [2.24, 2.45) is 5.41 Å². The van der Waals surface area contributed by atoms with Crippen molar-refractivity contribution in [3.63, 3.8) is 0 Å². The summed E-state index contributed by atoms with van der Waals surface area (Å²) in [6.45, 7) is 6.27. The van der Waals surface area contributed by atoms with Crippen LogP contribution in [0.2, 0.25) is 0 Å². The minimum atomic E-state index is -0.868. The number of nitrogens with one attached hydrogen (secondary N) is 3. The van der Waals surface area contributed by atoms with Crippen LogP contribution >= 0.6 is 0 Å². The Morgan fingerprint density at radius 2 is 2.00 bits per heavy atom. The number of amides is 3. The Bertz CT molecular complexity index is 533. The van der Waals surface area contributed by atoms with Crippen LogP contribution in [-0.2, 0) is 50.3 Å². The monoisotopic (exact) mass is 348 g/mol. The SMILES string of the molecule is [CH2-]C1(C([NH-])=O)Cc2ccc(NC(=O)NCC)cc2C1.[Y]. The van der Waals surface area contributed by atoms with Gasteiger partial charge in [0.1, 0.15) is 0 Å². The smallest absolute Gasteiger partial charge is 0.319 e. The molecule has 0 fully saturated rings. The molecule has 1 radical (unpaired) electrons. The summed E-state index contributed by atoms with van der Waals surface area (Å²) < 4.78 is 0. The first-order chi connectivity index (χ1) is 8.94. The third kappa shape index (κ3) is 3.58. The van der Waals surface area contributed by atoms with E-state index in [9.17, 15) is 9.59 Å². The molecule has 0 aliphatic heterocycles. The number of benzene rings is 1. The number of rotatable bonds is 3. The Morgan fingerprint density at radius 3 is 2.60 bits per heavy atom. The molecule has 1 unspecified atom stereocenters. The summed E-state index contributed by atoms with van der Waals surface area (Å²) in [6, 6.07) is 5.28. The Hall–Kier alpha value is -0.936. The van der Waals surface area contributed by atoms with Crippen LogP contribution in [-0.4, -0.2) is 18.5 Å². The van der Waals surface area contributed by atoms with Crippen molar-refractivity contribution in [3.05, 3.63) is 42.0 Å². The van der Waals surface area contributed by atoms with Crippen LogP contribution in [0, 0.1) is 12.3 Å². The van der Waals surface area contributed by atoms with E-state index in [0.29, 0.717) is 25.1 Å². The fourth-order valence-electron chi connectivity index (χ4n) is 2.33. The van der Waals surface area contributed by atoms with E-state index in [1.807, 2.05) is 19.1 Å². The van der Waals surface area contributed by atoms with Crippen LogP contribution in [0.5, 0.6) is 0 Å². The Morgan fingerprint density at radius 1 is 1.35 bits per heavy atom. The fourth-order valence-corrected chi connectivity index (χ4v) is 2.33. The third-order valence-corrected chi connectivity index (χ3v) is 3.34. The minimum absolute atomic E-state index is 0. The van der Waals surface area contributed by atoms with Crippen LogP contribution in [0.4, 0.5) is 10.5 Å². The quantitative estimate of drug-likeness (QED) is 0.822. The van der Waals surface area contributed by atoms with Crippen LogP contribution in [0.3, 0.4) is 0 Å². The summed E-state index contributed by atoms with van der Waals surface area (Å²) in [6.07, 6.45) is 0.946. The number of hydrogen-bond donors (Lipinski definition) is 2. The van der Waals surface area contributed by atoms with Crippen molar-refractivity contribution in [2.45, 2.75) is 19.8 Å². The average molecular weight is 348 g/mol. The second-order valence-electron chi connectivity index (χ2n) is 4.93. The Labute approximate surface area is 143 Å². The molecule has 1 atom stereocenters. The molecule has 1 aliphatic carbocycles. The molecule has 3 amide bonds. The van der Waals surface area contributed by atoms with Crippen molar-refractivity contribution in [2.75, 3.05) is 11.9 Å². The van der Waals surface area contributed by atoms with Crippen LogP contribution in [0.25, 0.3) is 5.73 Å². The molecule has 20 heavy (non-hydrogen) atoms. The van der Waals surface area contributed by atoms with Crippen LogP contribution in [0.15, 0.2) is 18.2 Å². The van der Waals surface area contributed by atoms with Crippen molar-refractivity contribution in [1.29, 1.82) is 0 Å². The molecular formula is C14H17N3O2Y-2. The second-order valence-corrected chi connectivity index (χ2v) is 4.93. The third-order valence-electron chi connectivity index (χ3n) is 3.34. The molecule has 1 aromatic rings. The van der Waals surface area contributed by atoms with Gasteiger partial charge in [0.05, 0.1) is 0 Å². The number of fused-ring (bicyclic) bond motifs is 1. The fraction of sp³-hybridized carbons (Fsp3) is 0.357. The predicted octanol–water partition coefficient (Wildman–Crippen LogP) is 2.32. The van der Waals surface area contributed by atoms with Gasteiger partial charge in [-0.3, -0.25) is 0 Å². The molecular weight excluding hydrogens is 331 g/mol. The summed E-state index contributed by atoms with van der Waals surface area (Å²) in [5.74, 6) is -0.637. The van der Waals surface area contributed by atoms with Gasteiger partial charge in [0, 0.05) is 50.8 Å². The van der Waals surface area contributed by atoms with Crippen molar-refractivity contribution in [1.82, 2.24) is 5.32 Å². The minimum Gasteiger partial charge on any atom is -0.670 e. The number of anilines is 1. The molecule has 105 valence electrons. The predicted molar refractivity (Wildman–Crippen MR) is 73.7 cm³/mol. The Balaban J connectivity index is 0.00000200. The van der Waals surface area contributed by atoms with E-state index in [0.717, 1.165) is 11.1 Å². The molecule has 1 aliphatic rings. The second kappa shape index (κ2) is 6.68. The zero-order valence-electron chi connectivity index (χ0n) is 11.5. The summed E-state index contributed by atoms with van der Waals surface area (Å²) in [7, 11) is 0. The molecule has 0 aromatic heterocycles. The summed E-state index contributed by atoms with van der Waals surface area (Å²) in [5.41, 5.74) is 9.11. The van der Waals surface area contributed by atoms with E-state index >= 15 is 0 Å². The molecule has 0 saturated heterocycles. The van der Waals surface area contributed by atoms with Gasteiger partial charge >= 0.3 is 6.03 Å². The van der Waals surface area contributed by atoms with Crippen molar-refractivity contribution < 1.29 is 42.3 Å². The van der Waals surface area contributed by atoms with Crippen LogP contribution < -0.4 is 10.6 Å². The maximum Gasteiger partial charge on any atom is 0.319 e. The maximum absolute atomic E-state index is 11.4. The van der Waals surface area contributed by atoms with E-state index < -0.39 is 11.3 Å². The van der Waals surface area contributed by atoms with Gasteiger partial charge in [0.25, 0.3) is 0 Å². The molecule has 2 rings (SSSR count). The van der Waals surface area contributed by atoms with Gasteiger partial charge in [0.15, 0.2) is 0 Å². The number of carbonyl (C=O) groups excluding carboxylic acids is 2. The summed E-state index contributed by atoms with van der Waals surface area (Å²) >= 11 is 0. The first-order valence-electron chi connectivity index (χ1n) is 6.22. The normalized spacial score (nSPS) is 19.7. The average Bonchev–Trinajstić information content (AvgIpc) is 2.66. The topological polar surface area (TPSA) is 82.0 Å². The molecule has 0 saturated carbocycles. The van der Waals surface area contributed by atoms with Gasteiger partial charge in [-0.15, -0.1) is 5.41 Å². The number of carbonyl (C=O) groups is 2. The van der Waals surface area contributed by atoms with E-state index in [1.165, 1.54) is 0 Å². The molecule has 0 spiro atoms. The zero-order chi connectivity index (χ0) is 14.0. The van der Waals surface area contributed by atoms with E-state index in [1.54, 1.807) is 6.07 Å². The van der Waals surface area contributed by atoms with Crippen molar-refractivity contribution >= 4 is 17.6 Å². The van der Waals surface area contributed by atoms with Gasteiger partial charge in [-0.25, -0.2) is 4.79 Å². The molecule has 3 N–H and O–H groups in total. The molecule has 0 bridgehead atoms. The largest absolute Gasteiger partial charge is 0.670 e. The first-order valence-corrected chi connectivity index (χ1v) is 6.22. The molecule has 5 nitrogen and oxygen atoms in total. The summed E-state index contributed by atoms with van der Waals surface area (Å²) in [4.78, 5) is 22.7. The van der Waals surface area contributed by atoms with Gasteiger partial charge in [0.2, 0.25) is 0 Å². The molecule has 0 heterocycles. The zero-order valence-corrected chi connectivity index (χ0v) is 14.3. The number of hydrogen-bond acceptors (Lipinski definition) is 2. The van der Waals surface area contributed by atoms with Gasteiger partial charge < -0.3 is 28.1 Å². The maximum atomic E-state index is 11.4. The summed E-state index contributed by atoms with van der Waals surface area (Å²) in [5, 5.41) is 5.38. The van der Waals surface area contributed by atoms with Gasteiger partial charge in [-0.1, -0.05) is 6.07 Å². The van der Waals surface area contributed by atoms with Gasteiger partial charge in [-0.2, -0.15) is 0 Å². The van der Waals surface area contributed by atoms with Crippen LogP contribution in [0.1, 0.15) is 18.1 Å². The van der Waals surface area contributed by atoms with Crippen molar-refractivity contribution in [3.8, 4) is 0 Å². The standard InChI is InChI=1S/C14H18N3O2.Y/c1-3-16-13(19)17-11-5-4-9-7-14(2,12(15)18)8-10(9)6-11;/h4-6H,2-3,7-8H2,1H3,(H4,15,16,17,18,19);/q-1;/p-1. The molecule has 1 aromatic carbocycles. The first kappa shape index (κ1) is 17.1. The van der Waals surface area contributed by atoms with E-state index in [4.69, 9.17) is 5.73 Å².